The molecule has 5 atom stereocenters. The molecular formula is C15H21N3O6S. The molecule has 1 saturated carbocycles. The van der Waals surface area contributed by atoms with Gasteiger partial charge in [0.2, 0.25) is 5.91 Å². The number of hydrogen-bond acceptors (Lipinski definition) is 7. The largest absolute Gasteiger partial charge is 0.390 e. The van der Waals surface area contributed by atoms with Gasteiger partial charge < -0.3 is 31.7 Å². The van der Waals surface area contributed by atoms with E-state index in [0.717, 1.165) is 0 Å². The summed E-state index contributed by atoms with van der Waals surface area (Å²) in [5.74, 6) is -2.17. The van der Waals surface area contributed by atoms with Crippen LogP contribution in [0.3, 0.4) is 0 Å². The van der Waals surface area contributed by atoms with Gasteiger partial charge in [0.05, 0.1) is 17.0 Å². The fourth-order valence-corrected chi connectivity index (χ4v) is 3.30. The molecule has 0 bridgehead atoms. The Kier molecular flexibility index (Phi) is 5.78. The number of carbonyl (C=O) groups is 3. The van der Waals surface area contributed by atoms with Crippen molar-refractivity contribution in [3.63, 3.8) is 0 Å². The highest BCUT2D eigenvalue weighted by Crippen LogP contribution is 2.30. The lowest BCUT2D eigenvalue weighted by Gasteiger charge is -2.41. The second kappa shape index (κ2) is 7.48. The van der Waals surface area contributed by atoms with E-state index in [-0.39, 0.29) is 6.42 Å². The van der Waals surface area contributed by atoms with Crippen molar-refractivity contribution in [2.75, 3.05) is 0 Å². The second-order valence-electron chi connectivity index (χ2n) is 6.15. The zero-order valence-electron chi connectivity index (χ0n) is 13.5. The van der Waals surface area contributed by atoms with E-state index in [0.29, 0.717) is 4.88 Å². The van der Waals surface area contributed by atoms with E-state index in [9.17, 15) is 29.7 Å². The molecule has 1 heterocycles. The van der Waals surface area contributed by atoms with Crippen LogP contribution in [-0.4, -0.2) is 62.9 Å². The van der Waals surface area contributed by atoms with E-state index in [4.69, 9.17) is 5.73 Å². The minimum absolute atomic E-state index is 0.320. The Hall–Kier alpha value is -2.01. The summed E-state index contributed by atoms with van der Waals surface area (Å²) in [6.07, 6.45) is -3.52. The summed E-state index contributed by atoms with van der Waals surface area (Å²) in [5, 5.41) is 37.1. The van der Waals surface area contributed by atoms with Crippen LogP contribution in [0.15, 0.2) is 17.5 Å². The Balaban J connectivity index is 2.12. The zero-order chi connectivity index (χ0) is 18.8. The van der Waals surface area contributed by atoms with Gasteiger partial charge >= 0.3 is 0 Å². The number of primary amides is 1. The van der Waals surface area contributed by atoms with Crippen LogP contribution in [-0.2, 0) is 9.59 Å². The van der Waals surface area contributed by atoms with Crippen LogP contribution in [0, 0.1) is 0 Å². The summed E-state index contributed by atoms with van der Waals surface area (Å²) in [6.45, 7) is 1.35. The predicted molar refractivity (Wildman–Crippen MR) is 88.6 cm³/mol. The summed E-state index contributed by atoms with van der Waals surface area (Å²) in [5.41, 5.74) is 3.01. The number of nitrogens with one attached hydrogen (secondary N) is 2. The molecule has 0 radical (unpaired) electrons. The third kappa shape index (κ3) is 4.34. The number of aliphatic hydroxyl groups is 3. The van der Waals surface area contributed by atoms with Crippen molar-refractivity contribution in [2.45, 2.75) is 49.7 Å². The second-order valence-corrected chi connectivity index (χ2v) is 7.10. The van der Waals surface area contributed by atoms with E-state index >= 15 is 0 Å². The molecule has 5 unspecified atom stereocenters. The summed E-state index contributed by atoms with van der Waals surface area (Å²) >= 11 is 1.19. The standard InChI is InChI=1S/C15H21N3O6S/c1-7(12(16)21)17-14(23)15(24)5-8(11(20)9(19)6-15)18-13(22)10-3-2-4-25-10/h2-4,7-9,11,19-20,24H,5-6H2,1H3,(H2,16,21)(H,17,23)(H,18,22). The first kappa shape index (κ1) is 19.3. The van der Waals surface area contributed by atoms with Crippen LogP contribution < -0.4 is 16.4 Å². The van der Waals surface area contributed by atoms with E-state index in [1.165, 1.54) is 18.3 Å². The molecule has 2 rings (SSSR count). The van der Waals surface area contributed by atoms with Gasteiger partial charge in [0, 0.05) is 12.8 Å². The topological polar surface area (TPSA) is 162 Å². The normalized spacial score (nSPS) is 30.3. The molecule has 138 valence electrons. The van der Waals surface area contributed by atoms with E-state index in [1.807, 2.05) is 0 Å². The highest BCUT2D eigenvalue weighted by atomic mass is 32.1. The van der Waals surface area contributed by atoms with Crippen LogP contribution >= 0.6 is 11.3 Å². The number of carbonyl (C=O) groups excluding carboxylic acids is 3. The molecule has 0 saturated heterocycles. The first-order valence-corrected chi connectivity index (χ1v) is 8.55. The van der Waals surface area contributed by atoms with Gasteiger partial charge in [-0.2, -0.15) is 0 Å². The number of aliphatic hydroxyl groups excluding tert-OH is 2. The van der Waals surface area contributed by atoms with E-state index < -0.39 is 54.0 Å². The maximum atomic E-state index is 12.3. The molecule has 1 aromatic rings. The van der Waals surface area contributed by atoms with Crippen molar-refractivity contribution in [1.29, 1.82) is 0 Å². The molecule has 1 fully saturated rings. The van der Waals surface area contributed by atoms with Gasteiger partial charge in [0.15, 0.2) is 0 Å². The Morgan fingerprint density at radius 3 is 2.60 bits per heavy atom. The fraction of sp³-hybridized carbons (Fsp3) is 0.533. The minimum atomic E-state index is -2.06. The minimum Gasteiger partial charge on any atom is -0.390 e. The average Bonchev–Trinajstić information content (AvgIpc) is 3.06. The fourth-order valence-electron chi connectivity index (χ4n) is 2.67. The van der Waals surface area contributed by atoms with Crippen LogP contribution in [0.1, 0.15) is 29.4 Å². The Morgan fingerprint density at radius 1 is 1.36 bits per heavy atom. The van der Waals surface area contributed by atoms with Gasteiger partial charge in [-0.1, -0.05) is 6.07 Å². The van der Waals surface area contributed by atoms with Gasteiger partial charge in [-0.25, -0.2) is 0 Å². The highest BCUT2D eigenvalue weighted by molar-refractivity contribution is 7.12. The van der Waals surface area contributed by atoms with Gasteiger partial charge in [-0.15, -0.1) is 11.3 Å². The summed E-state index contributed by atoms with van der Waals surface area (Å²) in [4.78, 5) is 35.9. The van der Waals surface area contributed by atoms with Gasteiger partial charge in [-0.05, 0) is 18.4 Å². The molecule has 25 heavy (non-hydrogen) atoms. The first-order chi connectivity index (χ1) is 11.6. The molecular weight excluding hydrogens is 350 g/mol. The van der Waals surface area contributed by atoms with Crippen LogP contribution in [0.4, 0.5) is 0 Å². The van der Waals surface area contributed by atoms with Crippen molar-refractivity contribution in [2.24, 2.45) is 5.73 Å². The maximum Gasteiger partial charge on any atom is 0.261 e. The molecule has 7 N–H and O–H groups in total. The molecule has 9 nitrogen and oxygen atoms in total. The smallest absolute Gasteiger partial charge is 0.261 e. The summed E-state index contributed by atoms with van der Waals surface area (Å²) < 4.78 is 0. The summed E-state index contributed by atoms with van der Waals surface area (Å²) in [6, 6.07) is 1.21. The van der Waals surface area contributed by atoms with Crippen LogP contribution in [0.5, 0.6) is 0 Å². The van der Waals surface area contributed by atoms with Crippen molar-refractivity contribution in [3.8, 4) is 0 Å². The number of hydrogen-bond donors (Lipinski definition) is 6. The Morgan fingerprint density at radius 2 is 2.04 bits per heavy atom. The summed E-state index contributed by atoms with van der Waals surface area (Å²) in [7, 11) is 0. The van der Waals surface area contributed by atoms with Crippen LogP contribution in [0.25, 0.3) is 0 Å². The predicted octanol–water partition coefficient (Wildman–Crippen LogP) is -1.92. The van der Waals surface area contributed by atoms with Crippen molar-refractivity contribution in [3.05, 3.63) is 22.4 Å². The lowest BCUT2D eigenvalue weighted by Crippen LogP contribution is -2.64. The third-order valence-electron chi connectivity index (χ3n) is 4.17. The molecule has 1 aliphatic carbocycles. The average molecular weight is 371 g/mol. The lowest BCUT2D eigenvalue weighted by molar-refractivity contribution is -0.158. The first-order valence-electron chi connectivity index (χ1n) is 7.67. The number of amides is 3. The van der Waals surface area contributed by atoms with Crippen molar-refractivity contribution < 1.29 is 29.7 Å². The van der Waals surface area contributed by atoms with E-state index in [2.05, 4.69) is 10.6 Å². The van der Waals surface area contributed by atoms with Crippen molar-refractivity contribution >= 4 is 29.1 Å². The quantitative estimate of drug-likeness (QED) is 0.354. The maximum absolute atomic E-state index is 12.3. The molecule has 0 aromatic carbocycles. The van der Waals surface area contributed by atoms with Gasteiger partial charge in [0.1, 0.15) is 17.7 Å². The number of rotatable bonds is 5. The van der Waals surface area contributed by atoms with Gasteiger partial charge in [-0.3, -0.25) is 14.4 Å². The number of nitrogens with two attached hydrogens (primary N) is 1. The monoisotopic (exact) mass is 371 g/mol. The Labute approximate surface area is 147 Å². The van der Waals surface area contributed by atoms with Crippen LogP contribution in [0.2, 0.25) is 0 Å². The molecule has 3 amide bonds. The number of thiophene rings is 1. The zero-order valence-corrected chi connectivity index (χ0v) is 14.3. The molecule has 0 spiro atoms. The molecule has 1 aliphatic rings. The Bertz CT molecular complexity index is 652. The SMILES string of the molecule is CC(NC(=O)C1(O)CC(O)C(O)C(NC(=O)c2cccs2)C1)C(N)=O. The molecule has 10 heteroatoms. The van der Waals surface area contributed by atoms with Crippen molar-refractivity contribution in [1.82, 2.24) is 10.6 Å². The third-order valence-corrected chi connectivity index (χ3v) is 5.04. The van der Waals surface area contributed by atoms with E-state index in [1.54, 1.807) is 17.5 Å². The lowest BCUT2D eigenvalue weighted by atomic mass is 9.77. The highest BCUT2D eigenvalue weighted by Gasteiger charge is 2.49. The molecule has 0 aliphatic heterocycles. The molecule has 1 aromatic heterocycles. The van der Waals surface area contributed by atoms with Gasteiger partial charge in [0.25, 0.3) is 11.8 Å².